The van der Waals surface area contributed by atoms with Gasteiger partial charge in [0.1, 0.15) is 5.78 Å². The Kier molecular flexibility index (Phi) is 2.96. The minimum atomic E-state index is -0.120. The SMILES string of the molecule is C[C@]12CC[C@@]3(C)C(=C1C[C@H](O)C2)CC[C@H]1CC(=O)CC[C@@H]13. The summed E-state index contributed by atoms with van der Waals surface area (Å²) in [6.07, 6.45) is 9.40. The Balaban J connectivity index is 1.75. The molecule has 0 aromatic carbocycles. The van der Waals surface area contributed by atoms with E-state index in [1.165, 1.54) is 25.7 Å². The van der Waals surface area contributed by atoms with Crippen LogP contribution in [0.3, 0.4) is 0 Å². The normalized spacial score (nSPS) is 49.7. The molecule has 0 unspecified atom stereocenters. The van der Waals surface area contributed by atoms with E-state index in [9.17, 15) is 9.90 Å². The number of Topliss-reactive ketones (excluding diaryl/α,β-unsaturated/α-hetero) is 1. The molecule has 0 heterocycles. The van der Waals surface area contributed by atoms with Crippen molar-refractivity contribution in [3.8, 4) is 0 Å². The number of hydrogen-bond donors (Lipinski definition) is 1. The van der Waals surface area contributed by atoms with E-state index in [0.717, 1.165) is 32.1 Å². The van der Waals surface area contributed by atoms with Crippen molar-refractivity contribution in [3.63, 3.8) is 0 Å². The Morgan fingerprint density at radius 1 is 1.05 bits per heavy atom. The highest BCUT2D eigenvalue weighted by Crippen LogP contribution is 2.64. The first-order valence-electron chi connectivity index (χ1n) is 8.85. The number of fused-ring (bicyclic) bond motifs is 4. The van der Waals surface area contributed by atoms with Gasteiger partial charge in [-0.05, 0) is 67.6 Å². The van der Waals surface area contributed by atoms with E-state index in [4.69, 9.17) is 0 Å². The lowest BCUT2D eigenvalue weighted by atomic mass is 9.49. The summed E-state index contributed by atoms with van der Waals surface area (Å²) in [4.78, 5) is 11.8. The van der Waals surface area contributed by atoms with Crippen molar-refractivity contribution in [3.05, 3.63) is 11.1 Å². The van der Waals surface area contributed by atoms with Crippen LogP contribution in [0.2, 0.25) is 0 Å². The quantitative estimate of drug-likeness (QED) is 0.683. The van der Waals surface area contributed by atoms with E-state index in [1.54, 1.807) is 11.1 Å². The summed E-state index contributed by atoms with van der Waals surface area (Å²) >= 11 is 0. The van der Waals surface area contributed by atoms with Crippen LogP contribution in [0.15, 0.2) is 11.1 Å². The van der Waals surface area contributed by atoms with Gasteiger partial charge in [-0.2, -0.15) is 0 Å². The molecule has 21 heavy (non-hydrogen) atoms. The van der Waals surface area contributed by atoms with Crippen LogP contribution in [-0.4, -0.2) is 17.0 Å². The summed E-state index contributed by atoms with van der Waals surface area (Å²) in [6.45, 7) is 4.86. The highest BCUT2D eigenvalue weighted by atomic mass is 16.3. The van der Waals surface area contributed by atoms with Gasteiger partial charge in [-0.25, -0.2) is 0 Å². The van der Waals surface area contributed by atoms with Crippen LogP contribution in [-0.2, 0) is 4.79 Å². The van der Waals surface area contributed by atoms with Gasteiger partial charge in [0.25, 0.3) is 0 Å². The van der Waals surface area contributed by atoms with Crippen molar-refractivity contribution in [1.29, 1.82) is 0 Å². The molecule has 0 aliphatic heterocycles. The van der Waals surface area contributed by atoms with E-state index < -0.39 is 0 Å². The predicted molar refractivity (Wildman–Crippen MR) is 82.8 cm³/mol. The molecule has 4 rings (SSSR count). The third-order valence-corrected chi connectivity index (χ3v) is 7.48. The Hall–Kier alpha value is -0.630. The first-order chi connectivity index (χ1) is 9.92. The van der Waals surface area contributed by atoms with Crippen molar-refractivity contribution < 1.29 is 9.90 Å². The zero-order valence-electron chi connectivity index (χ0n) is 13.5. The molecule has 0 amide bonds. The van der Waals surface area contributed by atoms with Crippen molar-refractivity contribution in [2.75, 3.05) is 0 Å². The highest BCUT2D eigenvalue weighted by Gasteiger charge is 2.54. The van der Waals surface area contributed by atoms with Crippen molar-refractivity contribution in [2.24, 2.45) is 22.7 Å². The van der Waals surface area contributed by atoms with Crippen molar-refractivity contribution >= 4 is 5.78 Å². The zero-order valence-corrected chi connectivity index (χ0v) is 13.5. The summed E-state index contributed by atoms with van der Waals surface area (Å²) in [5, 5.41) is 10.2. The molecule has 5 atom stereocenters. The monoisotopic (exact) mass is 288 g/mol. The zero-order chi connectivity index (χ0) is 14.8. The molecular weight excluding hydrogens is 260 g/mol. The number of rotatable bonds is 0. The van der Waals surface area contributed by atoms with E-state index in [1.807, 2.05) is 0 Å². The Morgan fingerprint density at radius 2 is 1.86 bits per heavy atom. The third-order valence-electron chi connectivity index (χ3n) is 7.48. The number of carbonyl (C=O) groups is 1. The smallest absolute Gasteiger partial charge is 0.133 e. The molecule has 0 bridgehead atoms. The maximum atomic E-state index is 11.8. The molecule has 2 heteroatoms. The molecule has 116 valence electrons. The second-order valence-electron chi connectivity index (χ2n) is 8.68. The van der Waals surface area contributed by atoms with Crippen LogP contribution in [0.5, 0.6) is 0 Å². The van der Waals surface area contributed by atoms with Gasteiger partial charge in [0.2, 0.25) is 0 Å². The van der Waals surface area contributed by atoms with Crippen LogP contribution in [0, 0.1) is 22.7 Å². The number of ketones is 1. The van der Waals surface area contributed by atoms with Gasteiger partial charge < -0.3 is 5.11 Å². The second kappa shape index (κ2) is 4.44. The average Bonchev–Trinajstić information content (AvgIpc) is 2.73. The Morgan fingerprint density at radius 3 is 2.67 bits per heavy atom. The molecule has 0 aromatic heterocycles. The number of allylic oxidation sites excluding steroid dienone is 1. The van der Waals surface area contributed by atoms with E-state index in [2.05, 4.69) is 13.8 Å². The maximum absolute atomic E-state index is 11.8. The predicted octanol–water partition coefficient (Wildman–Crippen LogP) is 4.02. The molecule has 4 aliphatic carbocycles. The number of carbonyl (C=O) groups excluding carboxylic acids is 1. The average molecular weight is 288 g/mol. The van der Waals surface area contributed by atoms with Crippen LogP contribution in [0.4, 0.5) is 0 Å². The van der Waals surface area contributed by atoms with Gasteiger partial charge in [0, 0.05) is 12.8 Å². The molecule has 0 radical (unpaired) electrons. The fraction of sp³-hybridized carbons (Fsp3) is 0.842. The topological polar surface area (TPSA) is 37.3 Å². The molecule has 0 aromatic rings. The molecule has 1 N–H and O–H groups in total. The molecule has 0 saturated heterocycles. The number of aliphatic hydroxyl groups excluding tert-OH is 1. The van der Waals surface area contributed by atoms with Gasteiger partial charge >= 0.3 is 0 Å². The highest BCUT2D eigenvalue weighted by molar-refractivity contribution is 5.79. The summed E-state index contributed by atoms with van der Waals surface area (Å²) in [7, 11) is 0. The van der Waals surface area contributed by atoms with Gasteiger partial charge in [0.15, 0.2) is 0 Å². The first kappa shape index (κ1) is 14.0. The maximum Gasteiger partial charge on any atom is 0.133 e. The summed E-state index contributed by atoms with van der Waals surface area (Å²) in [5.74, 6) is 1.85. The van der Waals surface area contributed by atoms with Gasteiger partial charge in [-0.15, -0.1) is 0 Å². The standard InChI is InChI=1S/C19H28O2/c1-18-7-8-19(2)15-6-4-13(20)9-12(15)3-5-16(19)17(18)10-14(21)11-18/h12,14-15,21H,3-11H2,1-2H3/t12-,14-,15-,18+,19+/m0/s1. The first-order valence-corrected chi connectivity index (χ1v) is 8.85. The summed E-state index contributed by atoms with van der Waals surface area (Å²) in [6, 6.07) is 0. The van der Waals surface area contributed by atoms with Gasteiger partial charge in [-0.3, -0.25) is 4.79 Å². The van der Waals surface area contributed by atoms with Crippen molar-refractivity contribution in [2.45, 2.75) is 77.7 Å². The van der Waals surface area contributed by atoms with Gasteiger partial charge in [0.05, 0.1) is 6.10 Å². The lowest BCUT2D eigenvalue weighted by molar-refractivity contribution is -0.125. The minimum absolute atomic E-state index is 0.120. The summed E-state index contributed by atoms with van der Waals surface area (Å²) < 4.78 is 0. The second-order valence-corrected chi connectivity index (χ2v) is 8.68. The molecule has 4 aliphatic rings. The molecule has 3 saturated carbocycles. The third kappa shape index (κ3) is 1.91. The van der Waals surface area contributed by atoms with Crippen LogP contribution in [0.1, 0.15) is 71.6 Å². The number of hydrogen-bond acceptors (Lipinski definition) is 2. The van der Waals surface area contributed by atoms with Crippen LogP contribution in [0.25, 0.3) is 0 Å². The van der Waals surface area contributed by atoms with E-state index >= 15 is 0 Å². The van der Waals surface area contributed by atoms with Gasteiger partial charge in [-0.1, -0.05) is 25.0 Å². The molecule has 0 spiro atoms. The molecule has 2 nitrogen and oxygen atoms in total. The fourth-order valence-corrected chi connectivity index (χ4v) is 6.38. The van der Waals surface area contributed by atoms with E-state index in [0.29, 0.717) is 23.0 Å². The summed E-state index contributed by atoms with van der Waals surface area (Å²) in [5.41, 5.74) is 3.90. The molecule has 3 fully saturated rings. The van der Waals surface area contributed by atoms with Crippen LogP contribution < -0.4 is 0 Å². The largest absolute Gasteiger partial charge is 0.393 e. The number of aliphatic hydroxyl groups is 1. The fourth-order valence-electron chi connectivity index (χ4n) is 6.38. The van der Waals surface area contributed by atoms with Crippen molar-refractivity contribution in [1.82, 2.24) is 0 Å². The van der Waals surface area contributed by atoms with E-state index in [-0.39, 0.29) is 11.5 Å². The lowest BCUT2D eigenvalue weighted by Gasteiger charge is -2.55. The molecular formula is C19H28O2. The minimum Gasteiger partial charge on any atom is -0.393 e. The lowest BCUT2D eigenvalue weighted by Crippen LogP contribution is -2.46. The Bertz CT molecular complexity index is 520. The Labute approximate surface area is 128 Å². The van der Waals surface area contributed by atoms with Crippen LogP contribution >= 0.6 is 0 Å².